The van der Waals surface area contributed by atoms with Crippen LogP contribution in [0.15, 0.2) is 35.2 Å². The molecule has 1 nitrogen and oxygen atoms in total. The lowest BCUT2D eigenvalue weighted by molar-refractivity contribution is 0.114. The zero-order valence-electron chi connectivity index (χ0n) is 12.6. The van der Waals surface area contributed by atoms with E-state index in [-0.39, 0.29) is 10.9 Å². The molecule has 1 aliphatic carbocycles. The summed E-state index contributed by atoms with van der Waals surface area (Å²) >= 11 is 8.96. The minimum absolute atomic E-state index is 0.0576. The van der Waals surface area contributed by atoms with Gasteiger partial charge in [-0.1, -0.05) is 56.6 Å². The zero-order valence-corrected chi connectivity index (χ0v) is 15.0. The van der Waals surface area contributed by atoms with E-state index in [0.29, 0.717) is 6.42 Å². The number of aliphatic hydroxyl groups excluding tert-OH is 1. The van der Waals surface area contributed by atoms with Gasteiger partial charge in [0.15, 0.2) is 0 Å². The molecule has 1 aliphatic rings. The third-order valence-electron chi connectivity index (χ3n) is 4.04. The van der Waals surface area contributed by atoms with E-state index in [2.05, 4.69) is 31.2 Å². The average Bonchev–Trinajstić information content (AvgIpc) is 2.49. The van der Waals surface area contributed by atoms with E-state index in [1.807, 2.05) is 17.8 Å². The lowest BCUT2D eigenvalue weighted by atomic mass is 9.83. The highest BCUT2D eigenvalue weighted by molar-refractivity contribution is 8.23. The van der Waals surface area contributed by atoms with Crippen molar-refractivity contribution in [3.63, 3.8) is 0 Å². The largest absolute Gasteiger partial charge is 0.391 e. The van der Waals surface area contributed by atoms with E-state index < -0.39 is 0 Å². The zero-order chi connectivity index (χ0) is 15.1. The predicted octanol–water partition coefficient (Wildman–Crippen LogP) is 5.31. The highest BCUT2D eigenvalue weighted by Gasteiger charge is 2.40. The molecule has 1 atom stereocenters. The Balaban J connectivity index is 2.10. The maximum Gasteiger partial charge on any atom is 0.0743 e. The van der Waals surface area contributed by atoms with Crippen molar-refractivity contribution in [2.75, 3.05) is 5.75 Å². The number of thioether (sulfide) groups is 2. The second-order valence-electron chi connectivity index (χ2n) is 5.57. The molecule has 0 amide bonds. The van der Waals surface area contributed by atoms with E-state index in [0.717, 1.165) is 22.8 Å². The molecule has 1 aromatic rings. The second kappa shape index (κ2) is 8.56. The molecule has 4 heteroatoms. The standard InChI is InChI=1S/C17H24OS3/c1-2-20-16(19)13-15(18)17(11-7-4-8-12-17)21-14-9-5-3-6-10-14/h3,5-6,9-10,15,18H,2,4,7-8,11-13H2,1H3. The first-order chi connectivity index (χ1) is 10.2. The lowest BCUT2D eigenvalue weighted by Gasteiger charge is -2.40. The summed E-state index contributed by atoms with van der Waals surface area (Å²) in [4.78, 5) is 1.26. The summed E-state index contributed by atoms with van der Waals surface area (Å²) in [7, 11) is 0. The van der Waals surface area contributed by atoms with E-state index in [1.54, 1.807) is 11.8 Å². The van der Waals surface area contributed by atoms with Gasteiger partial charge in [-0.15, -0.1) is 23.5 Å². The number of hydrogen-bond donors (Lipinski definition) is 1. The average molecular weight is 341 g/mol. The molecule has 1 aromatic carbocycles. The molecule has 1 saturated carbocycles. The van der Waals surface area contributed by atoms with Crippen molar-refractivity contribution in [1.29, 1.82) is 0 Å². The number of rotatable bonds is 6. The van der Waals surface area contributed by atoms with E-state index >= 15 is 0 Å². The fourth-order valence-corrected chi connectivity index (χ4v) is 5.52. The first-order valence-electron chi connectivity index (χ1n) is 7.74. The Bertz CT molecular complexity index is 441. The van der Waals surface area contributed by atoms with Gasteiger partial charge in [-0.2, -0.15) is 0 Å². The van der Waals surface area contributed by atoms with Crippen molar-refractivity contribution in [3.05, 3.63) is 30.3 Å². The van der Waals surface area contributed by atoms with E-state index in [1.165, 1.54) is 24.2 Å². The topological polar surface area (TPSA) is 20.2 Å². The van der Waals surface area contributed by atoms with Crippen LogP contribution >= 0.6 is 35.7 Å². The van der Waals surface area contributed by atoms with Crippen molar-refractivity contribution >= 4 is 39.9 Å². The van der Waals surface area contributed by atoms with Crippen LogP contribution in [-0.2, 0) is 0 Å². The summed E-state index contributed by atoms with van der Waals surface area (Å²) in [6.07, 6.45) is 6.20. The van der Waals surface area contributed by atoms with Crippen LogP contribution in [0.3, 0.4) is 0 Å². The molecule has 0 spiro atoms. The molecule has 0 bridgehead atoms. The first-order valence-corrected chi connectivity index (χ1v) is 9.95. The quantitative estimate of drug-likeness (QED) is 0.707. The maximum atomic E-state index is 10.9. The summed E-state index contributed by atoms with van der Waals surface area (Å²) in [6, 6.07) is 10.5. The van der Waals surface area contributed by atoms with Crippen LogP contribution in [0.2, 0.25) is 0 Å². The van der Waals surface area contributed by atoms with Crippen molar-refractivity contribution in [2.45, 2.75) is 61.2 Å². The van der Waals surface area contributed by atoms with Gasteiger partial charge >= 0.3 is 0 Å². The first kappa shape index (κ1) is 17.3. The monoisotopic (exact) mass is 340 g/mol. The predicted molar refractivity (Wildman–Crippen MR) is 99.5 cm³/mol. The maximum absolute atomic E-state index is 10.9. The Morgan fingerprint density at radius 1 is 1.24 bits per heavy atom. The van der Waals surface area contributed by atoms with Gasteiger partial charge in [0.05, 0.1) is 10.3 Å². The van der Waals surface area contributed by atoms with Gasteiger partial charge in [0.2, 0.25) is 0 Å². The molecule has 21 heavy (non-hydrogen) atoms. The van der Waals surface area contributed by atoms with Gasteiger partial charge in [0.1, 0.15) is 0 Å². The van der Waals surface area contributed by atoms with Gasteiger partial charge in [-0.05, 0) is 30.7 Å². The smallest absolute Gasteiger partial charge is 0.0743 e. The Morgan fingerprint density at radius 2 is 1.90 bits per heavy atom. The van der Waals surface area contributed by atoms with Gasteiger partial charge in [0.25, 0.3) is 0 Å². The Hall–Kier alpha value is -0.0300. The Morgan fingerprint density at radius 3 is 2.52 bits per heavy atom. The lowest BCUT2D eigenvalue weighted by Crippen LogP contribution is -2.41. The van der Waals surface area contributed by atoms with Gasteiger partial charge < -0.3 is 5.11 Å². The van der Waals surface area contributed by atoms with Crippen LogP contribution in [0.5, 0.6) is 0 Å². The summed E-state index contributed by atoms with van der Waals surface area (Å²) in [5.74, 6) is 0.990. The highest BCUT2D eigenvalue weighted by Crippen LogP contribution is 2.47. The van der Waals surface area contributed by atoms with Gasteiger partial charge in [0, 0.05) is 16.1 Å². The molecular formula is C17H24OS3. The van der Waals surface area contributed by atoms with E-state index in [9.17, 15) is 5.11 Å². The molecule has 1 fully saturated rings. The molecule has 0 aliphatic heterocycles. The number of hydrogen-bond acceptors (Lipinski definition) is 4. The SMILES string of the molecule is CCSC(=S)CC(O)C1(Sc2ccccc2)CCCCC1. The number of aliphatic hydroxyl groups is 1. The Labute approximate surface area is 142 Å². The molecular weight excluding hydrogens is 316 g/mol. The van der Waals surface area contributed by atoms with Crippen LogP contribution in [0.25, 0.3) is 0 Å². The van der Waals surface area contributed by atoms with Crippen molar-refractivity contribution in [1.82, 2.24) is 0 Å². The second-order valence-corrected chi connectivity index (χ2v) is 9.16. The van der Waals surface area contributed by atoms with Crippen LogP contribution in [0, 0.1) is 0 Å². The number of benzene rings is 1. The molecule has 2 rings (SSSR count). The molecule has 116 valence electrons. The minimum atomic E-state index is -0.338. The van der Waals surface area contributed by atoms with E-state index in [4.69, 9.17) is 12.2 Å². The van der Waals surface area contributed by atoms with Crippen LogP contribution in [0.1, 0.15) is 45.4 Å². The van der Waals surface area contributed by atoms with Crippen molar-refractivity contribution in [2.24, 2.45) is 0 Å². The van der Waals surface area contributed by atoms with Gasteiger partial charge in [-0.3, -0.25) is 0 Å². The van der Waals surface area contributed by atoms with Crippen LogP contribution in [-0.4, -0.2) is 25.9 Å². The summed E-state index contributed by atoms with van der Waals surface area (Å²) in [6.45, 7) is 2.11. The Kier molecular flexibility index (Phi) is 7.06. The molecule has 1 N–H and O–H groups in total. The molecule has 1 unspecified atom stereocenters. The minimum Gasteiger partial charge on any atom is -0.391 e. The fourth-order valence-electron chi connectivity index (χ4n) is 2.94. The summed E-state index contributed by atoms with van der Waals surface area (Å²) in [5.41, 5.74) is 0. The van der Waals surface area contributed by atoms with Crippen molar-refractivity contribution in [3.8, 4) is 0 Å². The third-order valence-corrected chi connectivity index (χ3v) is 6.93. The summed E-state index contributed by atoms with van der Waals surface area (Å²) < 4.78 is 0.890. The molecule has 0 radical (unpaired) electrons. The van der Waals surface area contributed by atoms with Crippen molar-refractivity contribution < 1.29 is 5.11 Å². The van der Waals surface area contributed by atoms with Crippen LogP contribution < -0.4 is 0 Å². The molecule has 0 heterocycles. The highest BCUT2D eigenvalue weighted by atomic mass is 32.2. The third kappa shape index (κ3) is 4.98. The number of thiocarbonyl (C=S) groups is 1. The fraction of sp³-hybridized carbons (Fsp3) is 0.588. The molecule has 0 saturated heterocycles. The summed E-state index contributed by atoms with van der Waals surface area (Å²) in [5, 5.41) is 10.9. The van der Waals surface area contributed by atoms with Crippen LogP contribution in [0.4, 0.5) is 0 Å². The molecule has 0 aromatic heterocycles. The van der Waals surface area contributed by atoms with Gasteiger partial charge in [-0.25, -0.2) is 0 Å². The normalized spacial score (nSPS) is 19.1.